The predicted molar refractivity (Wildman–Crippen MR) is 74.1 cm³/mol. The van der Waals surface area contributed by atoms with Crippen LogP contribution in [0.15, 0.2) is 16.7 Å². The van der Waals surface area contributed by atoms with E-state index < -0.39 is 0 Å². The Bertz CT molecular complexity index is 605. The number of hydrogen-bond donors (Lipinski definition) is 0. The lowest BCUT2D eigenvalue weighted by Gasteiger charge is -2.15. The second kappa shape index (κ2) is 4.83. The van der Waals surface area contributed by atoms with E-state index >= 15 is 0 Å². The van der Waals surface area contributed by atoms with Crippen molar-refractivity contribution in [2.24, 2.45) is 11.8 Å². The molecule has 110 valence electrons. The van der Waals surface area contributed by atoms with E-state index in [4.69, 9.17) is 4.52 Å². The van der Waals surface area contributed by atoms with Crippen molar-refractivity contribution < 1.29 is 14.1 Å². The van der Waals surface area contributed by atoms with Crippen molar-refractivity contribution in [3.63, 3.8) is 0 Å². The number of carbonyl (C=O) groups is 2. The molecule has 1 aliphatic heterocycles. The molecule has 0 saturated carbocycles. The number of carbonyl (C=O) groups excluding carboxylic acids is 2. The summed E-state index contributed by atoms with van der Waals surface area (Å²) in [6.07, 6.45) is 9.49. The third kappa shape index (κ3) is 1.94. The fraction of sp³-hybridized carbons (Fsp3) is 0.562. The number of nitrogens with zero attached hydrogens (tertiary/aromatic N) is 2. The predicted octanol–water partition coefficient (Wildman–Crippen LogP) is 2.00. The van der Waals surface area contributed by atoms with E-state index in [0.717, 1.165) is 42.7 Å². The number of aromatic nitrogens is 1. The maximum atomic E-state index is 12.5. The summed E-state index contributed by atoms with van der Waals surface area (Å²) in [4.78, 5) is 26.3. The van der Waals surface area contributed by atoms with Gasteiger partial charge >= 0.3 is 0 Å². The quantitative estimate of drug-likeness (QED) is 0.616. The van der Waals surface area contributed by atoms with Crippen LogP contribution >= 0.6 is 0 Å². The van der Waals surface area contributed by atoms with Gasteiger partial charge in [0.15, 0.2) is 0 Å². The number of likely N-dealkylation sites (tertiary alicyclic amines) is 1. The number of aryl methyl sites for hydroxylation is 1. The normalized spacial score (nSPS) is 27.9. The number of imide groups is 1. The van der Waals surface area contributed by atoms with Crippen molar-refractivity contribution in [3.8, 4) is 0 Å². The van der Waals surface area contributed by atoms with Crippen molar-refractivity contribution in [2.75, 3.05) is 0 Å². The molecule has 0 aromatic carbocycles. The third-order valence-corrected chi connectivity index (χ3v) is 4.94. The zero-order chi connectivity index (χ0) is 14.4. The fourth-order valence-electron chi connectivity index (χ4n) is 3.75. The lowest BCUT2D eigenvalue weighted by molar-refractivity contribution is -0.140. The smallest absolute Gasteiger partial charge is 0.233 e. The summed E-state index contributed by atoms with van der Waals surface area (Å²) in [7, 11) is 0. The van der Waals surface area contributed by atoms with Gasteiger partial charge in [0.2, 0.25) is 11.8 Å². The van der Waals surface area contributed by atoms with Crippen LogP contribution < -0.4 is 0 Å². The molecule has 21 heavy (non-hydrogen) atoms. The summed E-state index contributed by atoms with van der Waals surface area (Å²) in [6.45, 7) is 0.281. The molecule has 5 heteroatoms. The van der Waals surface area contributed by atoms with E-state index in [9.17, 15) is 9.59 Å². The van der Waals surface area contributed by atoms with Crippen molar-refractivity contribution >= 4 is 11.8 Å². The first-order chi connectivity index (χ1) is 10.3. The van der Waals surface area contributed by atoms with Crippen LogP contribution in [-0.2, 0) is 29.0 Å². The Hall–Kier alpha value is -1.91. The van der Waals surface area contributed by atoms with Crippen molar-refractivity contribution in [3.05, 3.63) is 29.2 Å². The van der Waals surface area contributed by atoms with Gasteiger partial charge in [-0.15, -0.1) is 0 Å². The van der Waals surface area contributed by atoms with Gasteiger partial charge in [0, 0.05) is 12.0 Å². The molecule has 4 rings (SSSR count). The first-order valence-electron chi connectivity index (χ1n) is 7.72. The average molecular weight is 286 g/mol. The van der Waals surface area contributed by atoms with Gasteiger partial charge in [0.1, 0.15) is 11.5 Å². The van der Waals surface area contributed by atoms with Crippen molar-refractivity contribution in [1.29, 1.82) is 0 Å². The first kappa shape index (κ1) is 12.8. The molecule has 0 bridgehead atoms. The molecule has 2 aliphatic carbocycles. The number of allylic oxidation sites excluding steroid dienone is 2. The topological polar surface area (TPSA) is 63.4 Å². The maximum absolute atomic E-state index is 12.5. The van der Waals surface area contributed by atoms with E-state index in [1.165, 1.54) is 4.90 Å². The van der Waals surface area contributed by atoms with Crippen LogP contribution in [0.3, 0.4) is 0 Å². The lowest BCUT2D eigenvalue weighted by atomic mass is 9.85. The average Bonchev–Trinajstić information content (AvgIpc) is 3.04. The molecule has 2 amide bonds. The summed E-state index contributed by atoms with van der Waals surface area (Å²) >= 11 is 0. The number of fused-ring (bicyclic) bond motifs is 2. The largest absolute Gasteiger partial charge is 0.361 e. The summed E-state index contributed by atoms with van der Waals surface area (Å²) in [5, 5.41) is 4.11. The highest BCUT2D eigenvalue weighted by Gasteiger charge is 2.47. The van der Waals surface area contributed by atoms with Crippen LogP contribution in [0.4, 0.5) is 0 Å². The standard InChI is InChI=1S/C16H18N2O3/c19-15-10-5-1-2-6-11(10)16(20)18(15)9-13-12-7-3-4-8-14(12)21-17-13/h1-2,10-11H,3-9H2/t10-,11-/m0/s1. The Morgan fingerprint density at radius 3 is 2.48 bits per heavy atom. The van der Waals surface area contributed by atoms with Gasteiger partial charge < -0.3 is 4.52 Å². The molecule has 0 unspecified atom stereocenters. The van der Waals surface area contributed by atoms with E-state index in [1.54, 1.807) is 0 Å². The molecule has 0 radical (unpaired) electrons. The Kier molecular flexibility index (Phi) is 2.94. The highest BCUT2D eigenvalue weighted by atomic mass is 16.5. The second-order valence-corrected chi connectivity index (χ2v) is 6.16. The monoisotopic (exact) mass is 286 g/mol. The second-order valence-electron chi connectivity index (χ2n) is 6.16. The van der Waals surface area contributed by atoms with E-state index in [1.807, 2.05) is 12.2 Å². The first-order valence-corrected chi connectivity index (χ1v) is 7.72. The Morgan fingerprint density at radius 1 is 1.10 bits per heavy atom. The van der Waals surface area contributed by atoms with Crippen molar-refractivity contribution in [2.45, 2.75) is 45.1 Å². The zero-order valence-electron chi connectivity index (χ0n) is 11.9. The summed E-state index contributed by atoms with van der Waals surface area (Å²) in [6, 6.07) is 0. The SMILES string of the molecule is O=C1[C@H]2CC=CC[C@@H]2C(=O)N1Cc1noc2c1CCCC2. The molecule has 0 N–H and O–H groups in total. The molecule has 2 atom stereocenters. The molecular weight excluding hydrogens is 268 g/mol. The van der Waals surface area contributed by atoms with Crippen LogP contribution in [0.25, 0.3) is 0 Å². The fourth-order valence-corrected chi connectivity index (χ4v) is 3.75. The van der Waals surface area contributed by atoms with Gasteiger partial charge in [-0.3, -0.25) is 14.5 Å². The zero-order valence-corrected chi connectivity index (χ0v) is 11.9. The van der Waals surface area contributed by atoms with Crippen LogP contribution in [0.5, 0.6) is 0 Å². The Labute approximate surface area is 123 Å². The van der Waals surface area contributed by atoms with Crippen molar-refractivity contribution in [1.82, 2.24) is 10.1 Å². The van der Waals surface area contributed by atoms with Crippen LogP contribution in [0, 0.1) is 11.8 Å². The van der Waals surface area contributed by atoms with Gasteiger partial charge in [-0.05, 0) is 32.1 Å². The molecule has 3 aliphatic rings. The summed E-state index contributed by atoms with van der Waals surface area (Å²) in [5.74, 6) is 0.536. The van der Waals surface area contributed by atoms with Gasteiger partial charge in [-0.1, -0.05) is 17.3 Å². The van der Waals surface area contributed by atoms with Gasteiger partial charge in [-0.25, -0.2) is 0 Å². The molecule has 5 nitrogen and oxygen atoms in total. The summed E-state index contributed by atoms with van der Waals surface area (Å²) < 4.78 is 5.37. The van der Waals surface area contributed by atoms with Crippen LogP contribution in [0.1, 0.15) is 42.7 Å². The minimum Gasteiger partial charge on any atom is -0.361 e. The van der Waals surface area contributed by atoms with Gasteiger partial charge in [0.25, 0.3) is 0 Å². The van der Waals surface area contributed by atoms with E-state index in [-0.39, 0.29) is 30.2 Å². The molecule has 1 aromatic heterocycles. The molecule has 1 fully saturated rings. The Morgan fingerprint density at radius 2 is 1.76 bits per heavy atom. The van der Waals surface area contributed by atoms with Crippen LogP contribution in [0.2, 0.25) is 0 Å². The molecule has 1 saturated heterocycles. The van der Waals surface area contributed by atoms with E-state index in [0.29, 0.717) is 12.8 Å². The third-order valence-electron chi connectivity index (χ3n) is 4.94. The number of rotatable bonds is 2. The van der Waals surface area contributed by atoms with E-state index in [2.05, 4.69) is 5.16 Å². The minimum absolute atomic E-state index is 0.0399. The number of hydrogen-bond acceptors (Lipinski definition) is 4. The Balaban J connectivity index is 1.59. The molecular formula is C16H18N2O3. The maximum Gasteiger partial charge on any atom is 0.233 e. The molecule has 0 spiro atoms. The highest BCUT2D eigenvalue weighted by molar-refractivity contribution is 6.05. The molecule has 1 aromatic rings. The minimum atomic E-state index is -0.162. The molecule has 2 heterocycles. The lowest BCUT2D eigenvalue weighted by Crippen LogP contribution is -2.31. The van der Waals surface area contributed by atoms with Gasteiger partial charge in [-0.2, -0.15) is 0 Å². The van der Waals surface area contributed by atoms with Crippen LogP contribution in [-0.4, -0.2) is 21.9 Å². The summed E-state index contributed by atoms with van der Waals surface area (Å²) in [5.41, 5.74) is 1.90. The number of amides is 2. The van der Waals surface area contributed by atoms with Gasteiger partial charge in [0.05, 0.1) is 18.4 Å². The highest BCUT2D eigenvalue weighted by Crippen LogP contribution is 2.36.